The van der Waals surface area contributed by atoms with E-state index in [2.05, 4.69) is 16.7 Å². The zero-order valence-electron chi connectivity index (χ0n) is 16.5. The van der Waals surface area contributed by atoms with Gasteiger partial charge in [-0.2, -0.15) is 0 Å². The molecule has 2 heterocycles. The number of thioether (sulfide) groups is 1. The molecular weight excluding hydrogens is 408 g/mol. The third kappa shape index (κ3) is 3.90. The molecule has 31 heavy (non-hydrogen) atoms. The molecule has 5 nitrogen and oxygen atoms in total. The fourth-order valence-electron chi connectivity index (χ4n) is 3.55. The summed E-state index contributed by atoms with van der Waals surface area (Å²) >= 11 is 1.33. The van der Waals surface area contributed by atoms with E-state index in [1.54, 1.807) is 18.2 Å². The van der Waals surface area contributed by atoms with Gasteiger partial charge in [0, 0.05) is 5.39 Å². The Morgan fingerprint density at radius 2 is 1.68 bits per heavy atom. The van der Waals surface area contributed by atoms with Crippen molar-refractivity contribution in [3.63, 3.8) is 0 Å². The molecule has 0 fully saturated rings. The molecule has 5 aromatic rings. The average molecular weight is 426 g/mol. The number of imidazole rings is 1. The fraction of sp³-hybridized carbons (Fsp3) is 0.0800. The van der Waals surface area contributed by atoms with E-state index >= 15 is 0 Å². The van der Waals surface area contributed by atoms with Crippen LogP contribution in [0.15, 0.2) is 99.3 Å². The first-order valence-electron chi connectivity index (χ1n) is 9.87. The van der Waals surface area contributed by atoms with Gasteiger partial charge in [0.2, 0.25) is 0 Å². The highest BCUT2D eigenvalue weighted by Gasteiger charge is 2.17. The van der Waals surface area contributed by atoms with Crippen LogP contribution in [-0.2, 0) is 6.54 Å². The Morgan fingerprint density at radius 3 is 2.55 bits per heavy atom. The molecule has 5 rings (SSSR count). The van der Waals surface area contributed by atoms with Crippen molar-refractivity contribution in [1.29, 1.82) is 0 Å². The highest BCUT2D eigenvalue weighted by Crippen LogP contribution is 2.26. The van der Waals surface area contributed by atoms with E-state index in [1.165, 1.54) is 11.8 Å². The van der Waals surface area contributed by atoms with Crippen LogP contribution in [0.2, 0.25) is 0 Å². The zero-order valence-corrected chi connectivity index (χ0v) is 17.3. The molecule has 0 amide bonds. The minimum absolute atomic E-state index is 0.0666. The van der Waals surface area contributed by atoms with Crippen LogP contribution in [0.25, 0.3) is 22.0 Å². The highest BCUT2D eigenvalue weighted by molar-refractivity contribution is 7.99. The number of benzene rings is 3. The number of hydrogen-bond acceptors (Lipinski definition) is 5. The molecule has 0 atom stereocenters. The van der Waals surface area contributed by atoms with E-state index in [0.29, 0.717) is 12.1 Å². The third-order valence-corrected chi connectivity index (χ3v) is 6.05. The number of aromatic nitrogens is 2. The van der Waals surface area contributed by atoms with E-state index in [9.17, 15) is 9.59 Å². The van der Waals surface area contributed by atoms with Gasteiger partial charge >= 0.3 is 5.63 Å². The molecule has 0 radical (unpaired) electrons. The lowest BCUT2D eigenvalue weighted by Gasteiger charge is -2.09. The highest BCUT2D eigenvalue weighted by atomic mass is 32.2. The molecule has 6 heteroatoms. The number of rotatable bonds is 6. The lowest BCUT2D eigenvalue weighted by atomic mass is 10.1. The largest absolute Gasteiger partial charge is 0.422 e. The van der Waals surface area contributed by atoms with Gasteiger partial charge in [-0.25, -0.2) is 9.78 Å². The molecule has 0 spiro atoms. The van der Waals surface area contributed by atoms with Crippen LogP contribution in [0.1, 0.15) is 15.9 Å². The number of para-hydroxylation sites is 3. The number of ketones is 1. The van der Waals surface area contributed by atoms with E-state index in [0.717, 1.165) is 27.1 Å². The molecule has 0 N–H and O–H groups in total. The monoisotopic (exact) mass is 426 g/mol. The quantitative estimate of drug-likeness (QED) is 0.213. The topological polar surface area (TPSA) is 65.1 Å². The minimum Gasteiger partial charge on any atom is -0.422 e. The van der Waals surface area contributed by atoms with Crippen LogP contribution in [0.5, 0.6) is 0 Å². The molecule has 0 saturated heterocycles. The van der Waals surface area contributed by atoms with Crippen molar-refractivity contribution in [2.45, 2.75) is 11.7 Å². The summed E-state index contributed by atoms with van der Waals surface area (Å²) in [7, 11) is 0. The first-order chi connectivity index (χ1) is 15.2. The standard InChI is InChI=1S/C25H18N2O3S/c28-22(19-14-18-10-4-7-13-23(18)30-24(19)29)16-31-25-26-20-11-5-6-12-21(20)27(25)15-17-8-2-1-3-9-17/h1-14H,15-16H2. The second-order valence-corrected chi connectivity index (χ2v) is 8.09. The van der Waals surface area contributed by atoms with Crippen molar-refractivity contribution in [2.75, 3.05) is 5.75 Å². The number of carbonyl (C=O) groups excluding carboxylic acids is 1. The summed E-state index contributed by atoms with van der Waals surface area (Å²) < 4.78 is 7.41. The van der Waals surface area contributed by atoms with Crippen molar-refractivity contribution in [2.24, 2.45) is 0 Å². The summed E-state index contributed by atoms with van der Waals surface area (Å²) in [6, 6.07) is 26.8. The Hall–Kier alpha value is -3.64. The second kappa shape index (κ2) is 8.24. The zero-order chi connectivity index (χ0) is 21.2. The molecule has 3 aromatic carbocycles. The third-order valence-electron chi connectivity index (χ3n) is 5.08. The van der Waals surface area contributed by atoms with Crippen LogP contribution in [-0.4, -0.2) is 21.1 Å². The summed E-state index contributed by atoms with van der Waals surface area (Å²) in [5.41, 5.74) is 2.96. The van der Waals surface area contributed by atoms with Crippen molar-refractivity contribution in [3.05, 3.63) is 106 Å². The first kappa shape index (κ1) is 19.3. The van der Waals surface area contributed by atoms with Gasteiger partial charge < -0.3 is 8.98 Å². The molecule has 0 aliphatic heterocycles. The first-order valence-corrected chi connectivity index (χ1v) is 10.9. The Morgan fingerprint density at radius 1 is 0.935 bits per heavy atom. The van der Waals surface area contributed by atoms with Crippen molar-refractivity contribution < 1.29 is 9.21 Å². The number of carbonyl (C=O) groups is 1. The summed E-state index contributed by atoms with van der Waals surface area (Å²) in [5.74, 6) is -0.177. The molecule has 0 aliphatic rings. The average Bonchev–Trinajstić information content (AvgIpc) is 3.15. The maximum Gasteiger partial charge on any atom is 0.347 e. The maximum atomic E-state index is 12.8. The Labute approximate surface area is 182 Å². The van der Waals surface area contributed by atoms with Crippen molar-refractivity contribution in [3.8, 4) is 0 Å². The van der Waals surface area contributed by atoms with Gasteiger partial charge in [-0.3, -0.25) is 4.79 Å². The Bertz CT molecular complexity index is 1450. The normalized spacial score (nSPS) is 11.2. The summed E-state index contributed by atoms with van der Waals surface area (Å²) in [6.45, 7) is 0.649. The van der Waals surface area contributed by atoms with E-state index in [4.69, 9.17) is 9.40 Å². The van der Waals surface area contributed by atoms with Crippen LogP contribution in [0, 0.1) is 0 Å². The van der Waals surface area contributed by atoms with Crippen LogP contribution in [0.3, 0.4) is 0 Å². The summed E-state index contributed by atoms with van der Waals surface area (Å²) in [6.07, 6.45) is 0. The van der Waals surface area contributed by atoms with Gasteiger partial charge in [-0.15, -0.1) is 0 Å². The number of Topliss-reactive ketones (excluding diaryl/α,β-unsaturated/α-hetero) is 1. The Balaban J connectivity index is 1.44. The Kier molecular flexibility index (Phi) is 5.14. The van der Waals surface area contributed by atoms with Crippen LogP contribution < -0.4 is 5.63 Å². The molecular formula is C25H18N2O3S. The SMILES string of the molecule is O=C(CSc1nc2ccccc2n1Cc1ccccc1)c1cc2ccccc2oc1=O. The summed E-state index contributed by atoms with van der Waals surface area (Å²) in [4.78, 5) is 29.9. The van der Waals surface area contributed by atoms with E-state index < -0.39 is 5.63 Å². The number of nitrogens with zero attached hydrogens (tertiary/aromatic N) is 2. The summed E-state index contributed by atoms with van der Waals surface area (Å²) in [5, 5.41) is 1.47. The molecule has 0 aliphatic carbocycles. The molecule has 0 unspecified atom stereocenters. The molecule has 0 saturated carbocycles. The van der Waals surface area contributed by atoms with Gasteiger partial charge in [0.1, 0.15) is 11.1 Å². The smallest absolute Gasteiger partial charge is 0.347 e. The van der Waals surface area contributed by atoms with Crippen molar-refractivity contribution >= 4 is 39.5 Å². The molecule has 2 aromatic heterocycles. The van der Waals surface area contributed by atoms with Gasteiger partial charge in [0.25, 0.3) is 0 Å². The van der Waals surface area contributed by atoms with Crippen LogP contribution in [0.4, 0.5) is 0 Å². The maximum absolute atomic E-state index is 12.8. The lowest BCUT2D eigenvalue weighted by Crippen LogP contribution is -2.16. The van der Waals surface area contributed by atoms with Gasteiger partial charge in [0.05, 0.1) is 23.3 Å². The van der Waals surface area contributed by atoms with Gasteiger partial charge in [-0.1, -0.05) is 72.4 Å². The molecule has 152 valence electrons. The van der Waals surface area contributed by atoms with E-state index in [1.807, 2.05) is 54.6 Å². The predicted octanol–water partition coefficient (Wildman–Crippen LogP) is 5.17. The van der Waals surface area contributed by atoms with Crippen LogP contribution >= 0.6 is 11.8 Å². The van der Waals surface area contributed by atoms with Crippen molar-refractivity contribution in [1.82, 2.24) is 9.55 Å². The van der Waals surface area contributed by atoms with Gasteiger partial charge in [0.15, 0.2) is 10.9 Å². The van der Waals surface area contributed by atoms with Gasteiger partial charge in [-0.05, 0) is 29.8 Å². The second-order valence-electron chi connectivity index (χ2n) is 7.15. The van der Waals surface area contributed by atoms with E-state index in [-0.39, 0.29) is 17.1 Å². The minimum atomic E-state index is -0.609. The molecule has 0 bridgehead atoms. The predicted molar refractivity (Wildman–Crippen MR) is 123 cm³/mol. The number of hydrogen-bond donors (Lipinski definition) is 0. The number of fused-ring (bicyclic) bond motifs is 2. The lowest BCUT2D eigenvalue weighted by molar-refractivity contribution is 0.101. The fourth-order valence-corrected chi connectivity index (χ4v) is 4.44.